The number of piperazine rings is 1. The van der Waals surface area contributed by atoms with Crippen LogP contribution < -0.4 is 5.73 Å². The smallest absolute Gasteiger partial charge is 0.410 e. The number of carbonyl (C=O) groups excluding carboxylic acids is 1. The van der Waals surface area contributed by atoms with Gasteiger partial charge in [-0.1, -0.05) is 5.11 Å². The molecule has 1 aromatic carbocycles. The average molecular weight is 332 g/mol. The Balaban J connectivity index is 1.91. The summed E-state index contributed by atoms with van der Waals surface area (Å²) in [6.45, 7) is 9.05. The van der Waals surface area contributed by atoms with E-state index in [2.05, 4.69) is 14.9 Å². The molecule has 0 radical (unpaired) electrons. The Bertz CT molecular complexity index is 640. The first-order valence-electron chi connectivity index (χ1n) is 7.92. The van der Waals surface area contributed by atoms with E-state index in [-0.39, 0.29) is 6.09 Å². The van der Waals surface area contributed by atoms with Crippen molar-refractivity contribution in [1.29, 1.82) is 0 Å². The lowest BCUT2D eigenvalue weighted by atomic mass is 10.1. The number of nitrogens with two attached hydrogens (primary N) is 1. The van der Waals surface area contributed by atoms with E-state index in [0.717, 1.165) is 18.7 Å². The second kappa shape index (κ2) is 7.42. The molecule has 1 aliphatic rings. The normalized spacial score (nSPS) is 15.7. The molecular weight excluding hydrogens is 308 g/mol. The number of ether oxygens (including phenoxy) is 1. The first kappa shape index (κ1) is 17.9. The van der Waals surface area contributed by atoms with Crippen LogP contribution in [0.15, 0.2) is 23.3 Å². The number of anilines is 1. The van der Waals surface area contributed by atoms with Gasteiger partial charge in [-0.15, -0.1) is 0 Å². The van der Waals surface area contributed by atoms with E-state index in [4.69, 9.17) is 16.0 Å². The molecule has 0 atom stereocenters. The molecule has 1 heterocycles. The number of rotatable bonds is 3. The van der Waals surface area contributed by atoms with Crippen molar-refractivity contribution >= 4 is 17.5 Å². The van der Waals surface area contributed by atoms with Crippen molar-refractivity contribution in [2.45, 2.75) is 32.9 Å². The van der Waals surface area contributed by atoms with E-state index in [0.29, 0.717) is 31.0 Å². The Morgan fingerprint density at radius 1 is 1.29 bits per heavy atom. The van der Waals surface area contributed by atoms with E-state index in [1.807, 2.05) is 32.9 Å². The second-order valence-electron chi connectivity index (χ2n) is 6.87. The zero-order valence-corrected chi connectivity index (χ0v) is 14.4. The third-order valence-electron chi connectivity index (χ3n) is 3.59. The molecular formula is C16H24N6O2. The summed E-state index contributed by atoms with van der Waals surface area (Å²) < 4.78 is 5.39. The molecule has 0 unspecified atom stereocenters. The van der Waals surface area contributed by atoms with Crippen LogP contribution in [0, 0.1) is 0 Å². The second-order valence-corrected chi connectivity index (χ2v) is 6.87. The summed E-state index contributed by atoms with van der Waals surface area (Å²) in [7, 11) is 0. The molecule has 1 amide bonds. The molecule has 8 heteroatoms. The number of hydrogen-bond acceptors (Lipinski definition) is 5. The molecule has 0 spiro atoms. The molecule has 0 bridgehead atoms. The monoisotopic (exact) mass is 332 g/mol. The zero-order chi connectivity index (χ0) is 17.7. The highest BCUT2D eigenvalue weighted by molar-refractivity contribution is 5.68. The summed E-state index contributed by atoms with van der Waals surface area (Å²) >= 11 is 0. The number of amides is 1. The van der Waals surface area contributed by atoms with Crippen molar-refractivity contribution in [1.82, 2.24) is 9.80 Å². The van der Waals surface area contributed by atoms with Crippen LogP contribution in [0.5, 0.6) is 0 Å². The fourth-order valence-electron chi connectivity index (χ4n) is 2.57. The van der Waals surface area contributed by atoms with Gasteiger partial charge >= 0.3 is 6.09 Å². The lowest BCUT2D eigenvalue weighted by Gasteiger charge is -2.35. The molecule has 130 valence electrons. The first-order valence-corrected chi connectivity index (χ1v) is 7.92. The quantitative estimate of drug-likeness (QED) is 0.396. The van der Waals surface area contributed by atoms with E-state index in [9.17, 15) is 4.79 Å². The third kappa shape index (κ3) is 5.33. The summed E-state index contributed by atoms with van der Waals surface area (Å²) in [5.74, 6) is 0. The minimum absolute atomic E-state index is 0.267. The zero-order valence-electron chi connectivity index (χ0n) is 14.4. The lowest BCUT2D eigenvalue weighted by Crippen LogP contribution is -2.49. The van der Waals surface area contributed by atoms with Gasteiger partial charge in [0.05, 0.1) is 0 Å². The molecule has 1 saturated heterocycles. The molecule has 0 aromatic heterocycles. The summed E-state index contributed by atoms with van der Waals surface area (Å²) in [6, 6.07) is 5.34. The number of azide groups is 1. The van der Waals surface area contributed by atoms with E-state index in [1.165, 1.54) is 0 Å². The minimum atomic E-state index is -0.479. The van der Waals surface area contributed by atoms with Crippen molar-refractivity contribution in [2.75, 3.05) is 31.9 Å². The Morgan fingerprint density at radius 2 is 1.96 bits per heavy atom. The van der Waals surface area contributed by atoms with E-state index < -0.39 is 5.60 Å². The Labute approximate surface area is 141 Å². The van der Waals surface area contributed by atoms with Crippen LogP contribution >= 0.6 is 0 Å². The maximum absolute atomic E-state index is 12.1. The minimum Gasteiger partial charge on any atom is -0.444 e. The molecule has 0 saturated carbocycles. The predicted molar refractivity (Wildman–Crippen MR) is 92.7 cm³/mol. The average Bonchev–Trinajstić information content (AvgIpc) is 2.46. The molecule has 1 aromatic rings. The van der Waals surface area contributed by atoms with Gasteiger partial charge in [-0.25, -0.2) is 4.79 Å². The molecule has 0 aliphatic carbocycles. The van der Waals surface area contributed by atoms with Crippen molar-refractivity contribution in [2.24, 2.45) is 5.11 Å². The van der Waals surface area contributed by atoms with Crippen LogP contribution in [0.3, 0.4) is 0 Å². The molecule has 2 N–H and O–H groups in total. The number of carbonyl (C=O) groups is 1. The van der Waals surface area contributed by atoms with Crippen LogP contribution in [0.2, 0.25) is 0 Å². The fraction of sp³-hybridized carbons (Fsp3) is 0.562. The van der Waals surface area contributed by atoms with Crippen LogP contribution in [-0.2, 0) is 11.3 Å². The van der Waals surface area contributed by atoms with Gasteiger partial charge in [-0.3, -0.25) is 4.90 Å². The Hall–Kier alpha value is -2.44. The van der Waals surface area contributed by atoms with Crippen LogP contribution in [0.1, 0.15) is 26.3 Å². The molecule has 1 aliphatic heterocycles. The molecule has 24 heavy (non-hydrogen) atoms. The van der Waals surface area contributed by atoms with Gasteiger partial charge in [0.15, 0.2) is 0 Å². The van der Waals surface area contributed by atoms with Gasteiger partial charge in [0, 0.05) is 49.0 Å². The third-order valence-corrected chi connectivity index (χ3v) is 3.59. The van der Waals surface area contributed by atoms with Gasteiger partial charge in [-0.05, 0) is 50.1 Å². The lowest BCUT2D eigenvalue weighted by molar-refractivity contribution is 0.0139. The van der Waals surface area contributed by atoms with E-state index >= 15 is 0 Å². The van der Waals surface area contributed by atoms with Gasteiger partial charge in [0.1, 0.15) is 5.60 Å². The number of hydrogen-bond donors (Lipinski definition) is 1. The largest absolute Gasteiger partial charge is 0.444 e. The fourth-order valence-corrected chi connectivity index (χ4v) is 2.57. The molecule has 1 fully saturated rings. The Morgan fingerprint density at radius 3 is 2.54 bits per heavy atom. The van der Waals surface area contributed by atoms with Crippen LogP contribution in [0.25, 0.3) is 10.4 Å². The maximum atomic E-state index is 12.1. The highest BCUT2D eigenvalue weighted by atomic mass is 16.6. The maximum Gasteiger partial charge on any atom is 0.410 e. The number of benzene rings is 1. The van der Waals surface area contributed by atoms with Crippen LogP contribution in [0.4, 0.5) is 16.2 Å². The van der Waals surface area contributed by atoms with Gasteiger partial charge in [0.2, 0.25) is 0 Å². The van der Waals surface area contributed by atoms with Crippen molar-refractivity contribution in [3.05, 3.63) is 34.2 Å². The highest BCUT2D eigenvalue weighted by Gasteiger charge is 2.25. The standard InChI is InChI=1S/C16H24N6O2/c1-16(2,3)24-15(23)22-6-4-21(5-7-22)11-12-8-13(17)10-14(9-12)19-20-18/h8-10H,4-7,11,17H2,1-3H3. The molecule has 8 nitrogen and oxygen atoms in total. The molecule has 2 rings (SSSR count). The topological polar surface area (TPSA) is 108 Å². The van der Waals surface area contributed by atoms with Crippen molar-refractivity contribution in [3.8, 4) is 0 Å². The summed E-state index contributed by atoms with van der Waals surface area (Å²) in [5.41, 5.74) is 16.0. The van der Waals surface area contributed by atoms with Crippen LogP contribution in [-0.4, -0.2) is 47.7 Å². The van der Waals surface area contributed by atoms with Gasteiger partial charge in [-0.2, -0.15) is 0 Å². The van der Waals surface area contributed by atoms with Crippen molar-refractivity contribution < 1.29 is 9.53 Å². The summed E-state index contributed by atoms with van der Waals surface area (Å²) in [6.07, 6.45) is -0.267. The van der Waals surface area contributed by atoms with Crippen molar-refractivity contribution in [3.63, 3.8) is 0 Å². The summed E-state index contributed by atoms with van der Waals surface area (Å²) in [4.78, 5) is 18.8. The summed E-state index contributed by atoms with van der Waals surface area (Å²) in [5, 5.41) is 3.60. The van der Waals surface area contributed by atoms with Gasteiger partial charge in [0.25, 0.3) is 0 Å². The number of nitrogen functional groups attached to an aromatic ring is 1. The van der Waals surface area contributed by atoms with E-state index in [1.54, 1.807) is 11.0 Å². The highest BCUT2D eigenvalue weighted by Crippen LogP contribution is 2.21. The first-order chi connectivity index (χ1) is 11.3. The Kier molecular flexibility index (Phi) is 5.54. The van der Waals surface area contributed by atoms with Gasteiger partial charge < -0.3 is 15.4 Å². The SMILES string of the molecule is CC(C)(C)OC(=O)N1CCN(Cc2cc(N)cc(N=[N+]=[N-])c2)CC1. The number of nitrogens with zero attached hydrogens (tertiary/aromatic N) is 5. The predicted octanol–water partition coefficient (Wildman–Crippen LogP) is 3.26.